The molecule has 0 bridgehead atoms. The van der Waals surface area contributed by atoms with Gasteiger partial charge in [-0.25, -0.2) is 0 Å². The van der Waals surface area contributed by atoms with Crippen molar-refractivity contribution in [1.29, 1.82) is 0 Å². The minimum absolute atomic E-state index is 0.0753. The molecule has 1 aliphatic heterocycles. The maximum atomic E-state index is 12.6. The number of nitrogens with one attached hydrogen (secondary N) is 1. The lowest BCUT2D eigenvalue weighted by molar-refractivity contribution is -0.128. The molecule has 0 radical (unpaired) electrons. The van der Waals surface area contributed by atoms with Crippen LogP contribution in [0, 0.1) is 0 Å². The molecule has 0 saturated carbocycles. The van der Waals surface area contributed by atoms with Gasteiger partial charge in [0.05, 0.1) is 4.88 Å². The summed E-state index contributed by atoms with van der Waals surface area (Å²) in [6, 6.07) is 11.7. The standard InChI is InChI=1S/C22H28N2O3S/c1-15(2)18-7-4-5-8-19(18)27-16(3)21(25)23-17-10-12-24(13-11-17)22(26)20-9-6-14-28-20/h4-9,14-17H,10-13H2,1-3H3,(H,23,25). The quantitative estimate of drug-likeness (QED) is 0.795. The zero-order valence-corrected chi connectivity index (χ0v) is 17.5. The van der Waals surface area contributed by atoms with Gasteiger partial charge in [0.15, 0.2) is 6.10 Å². The van der Waals surface area contributed by atoms with Crippen LogP contribution in [0.3, 0.4) is 0 Å². The second-order valence-corrected chi connectivity index (χ2v) is 8.45. The Morgan fingerprint density at radius 2 is 1.82 bits per heavy atom. The lowest BCUT2D eigenvalue weighted by atomic mass is 10.0. The molecule has 1 aromatic heterocycles. The first-order valence-electron chi connectivity index (χ1n) is 9.84. The molecule has 2 heterocycles. The summed E-state index contributed by atoms with van der Waals surface area (Å²) in [6.07, 6.45) is 0.960. The zero-order valence-electron chi connectivity index (χ0n) is 16.7. The summed E-state index contributed by atoms with van der Waals surface area (Å²) >= 11 is 1.47. The zero-order chi connectivity index (χ0) is 20.1. The number of piperidine rings is 1. The smallest absolute Gasteiger partial charge is 0.263 e. The Kier molecular flexibility index (Phi) is 6.73. The van der Waals surface area contributed by atoms with Gasteiger partial charge in [-0.1, -0.05) is 38.1 Å². The van der Waals surface area contributed by atoms with Crippen LogP contribution in [0.4, 0.5) is 0 Å². The second kappa shape index (κ2) is 9.24. The van der Waals surface area contributed by atoms with Gasteiger partial charge in [-0.15, -0.1) is 11.3 Å². The van der Waals surface area contributed by atoms with Gasteiger partial charge in [-0.2, -0.15) is 0 Å². The summed E-state index contributed by atoms with van der Waals surface area (Å²) in [6.45, 7) is 7.32. The summed E-state index contributed by atoms with van der Waals surface area (Å²) in [4.78, 5) is 27.6. The molecule has 1 aromatic carbocycles. The van der Waals surface area contributed by atoms with Gasteiger partial charge in [0, 0.05) is 19.1 Å². The van der Waals surface area contributed by atoms with Gasteiger partial charge in [0.25, 0.3) is 11.8 Å². The summed E-state index contributed by atoms with van der Waals surface area (Å²) in [7, 11) is 0. The van der Waals surface area contributed by atoms with Gasteiger partial charge in [0.1, 0.15) is 5.75 Å². The van der Waals surface area contributed by atoms with Gasteiger partial charge >= 0.3 is 0 Å². The number of carbonyl (C=O) groups excluding carboxylic acids is 2. The summed E-state index contributed by atoms with van der Waals surface area (Å²) in [5.74, 6) is 1.07. The van der Waals surface area contributed by atoms with Crippen molar-refractivity contribution in [3.05, 3.63) is 52.2 Å². The Morgan fingerprint density at radius 1 is 1.11 bits per heavy atom. The molecular formula is C22H28N2O3S. The molecular weight excluding hydrogens is 372 g/mol. The van der Waals surface area contributed by atoms with Crippen LogP contribution >= 0.6 is 11.3 Å². The highest BCUT2D eigenvalue weighted by Gasteiger charge is 2.27. The van der Waals surface area contributed by atoms with Crippen LogP contribution in [-0.4, -0.2) is 41.9 Å². The number of carbonyl (C=O) groups is 2. The van der Waals surface area contributed by atoms with Crippen molar-refractivity contribution in [2.45, 2.75) is 51.7 Å². The van der Waals surface area contributed by atoms with Crippen LogP contribution in [-0.2, 0) is 4.79 Å². The third-order valence-electron chi connectivity index (χ3n) is 5.07. The number of rotatable bonds is 6. The van der Waals surface area contributed by atoms with Crippen molar-refractivity contribution < 1.29 is 14.3 Å². The second-order valence-electron chi connectivity index (χ2n) is 7.50. The number of likely N-dealkylation sites (tertiary alicyclic amines) is 1. The van der Waals surface area contributed by atoms with E-state index in [4.69, 9.17) is 4.74 Å². The minimum Gasteiger partial charge on any atom is -0.481 e. The highest BCUT2D eigenvalue weighted by atomic mass is 32.1. The van der Waals surface area contributed by atoms with Crippen molar-refractivity contribution in [3.8, 4) is 5.75 Å². The van der Waals surface area contributed by atoms with E-state index in [-0.39, 0.29) is 17.9 Å². The lowest BCUT2D eigenvalue weighted by Crippen LogP contribution is -2.49. The van der Waals surface area contributed by atoms with E-state index in [2.05, 4.69) is 19.2 Å². The molecule has 0 aliphatic carbocycles. The Balaban J connectivity index is 1.50. The predicted octanol–water partition coefficient (Wildman–Crippen LogP) is 4.06. The summed E-state index contributed by atoms with van der Waals surface area (Å²) in [5, 5.41) is 5.00. The van der Waals surface area contributed by atoms with Crippen LogP contribution in [0.5, 0.6) is 5.75 Å². The van der Waals surface area contributed by atoms with Crippen LogP contribution < -0.4 is 10.1 Å². The van der Waals surface area contributed by atoms with Crippen LogP contribution in [0.25, 0.3) is 0 Å². The van der Waals surface area contributed by atoms with Crippen molar-refractivity contribution in [3.63, 3.8) is 0 Å². The maximum Gasteiger partial charge on any atom is 0.263 e. The average molecular weight is 401 g/mol. The third kappa shape index (κ3) is 4.93. The van der Waals surface area contributed by atoms with E-state index in [1.807, 2.05) is 46.7 Å². The Hall–Kier alpha value is -2.34. The number of hydrogen-bond acceptors (Lipinski definition) is 4. The Labute approximate surface area is 170 Å². The van der Waals surface area contributed by atoms with E-state index in [1.165, 1.54) is 11.3 Å². The van der Waals surface area contributed by atoms with Gasteiger partial charge in [-0.05, 0) is 48.8 Å². The van der Waals surface area contributed by atoms with E-state index in [0.29, 0.717) is 19.0 Å². The number of ether oxygens (including phenoxy) is 1. The molecule has 1 unspecified atom stereocenters. The fourth-order valence-electron chi connectivity index (χ4n) is 3.41. The topological polar surface area (TPSA) is 58.6 Å². The monoisotopic (exact) mass is 400 g/mol. The van der Waals surface area contributed by atoms with E-state index >= 15 is 0 Å². The SMILES string of the molecule is CC(Oc1ccccc1C(C)C)C(=O)NC1CCN(C(=O)c2cccs2)CC1. The number of amides is 2. The maximum absolute atomic E-state index is 12.6. The molecule has 28 heavy (non-hydrogen) atoms. The Morgan fingerprint density at radius 3 is 2.46 bits per heavy atom. The molecule has 1 aliphatic rings. The average Bonchev–Trinajstić information content (AvgIpc) is 3.23. The number of nitrogens with zero attached hydrogens (tertiary/aromatic N) is 1. The number of para-hydroxylation sites is 1. The van der Waals surface area contributed by atoms with Crippen molar-refractivity contribution in [2.24, 2.45) is 0 Å². The molecule has 0 spiro atoms. The van der Waals surface area contributed by atoms with E-state index in [9.17, 15) is 9.59 Å². The third-order valence-corrected chi connectivity index (χ3v) is 5.93. The van der Waals surface area contributed by atoms with E-state index in [1.54, 1.807) is 6.92 Å². The number of hydrogen-bond donors (Lipinski definition) is 1. The first-order valence-corrected chi connectivity index (χ1v) is 10.7. The van der Waals surface area contributed by atoms with Crippen LogP contribution in [0.15, 0.2) is 41.8 Å². The molecule has 2 aromatic rings. The number of thiophene rings is 1. The van der Waals surface area contributed by atoms with E-state index in [0.717, 1.165) is 29.0 Å². The van der Waals surface area contributed by atoms with E-state index < -0.39 is 6.10 Å². The van der Waals surface area contributed by atoms with Crippen molar-refractivity contribution in [1.82, 2.24) is 10.2 Å². The molecule has 150 valence electrons. The lowest BCUT2D eigenvalue weighted by Gasteiger charge is -2.32. The van der Waals surface area contributed by atoms with Crippen LogP contribution in [0.2, 0.25) is 0 Å². The summed E-state index contributed by atoms with van der Waals surface area (Å²) in [5.41, 5.74) is 1.10. The molecule has 1 fully saturated rings. The fraction of sp³-hybridized carbons (Fsp3) is 0.455. The van der Waals surface area contributed by atoms with Crippen LogP contribution in [0.1, 0.15) is 54.8 Å². The first-order chi connectivity index (χ1) is 13.5. The largest absolute Gasteiger partial charge is 0.481 e. The van der Waals surface area contributed by atoms with Crippen molar-refractivity contribution in [2.75, 3.05) is 13.1 Å². The highest BCUT2D eigenvalue weighted by Crippen LogP contribution is 2.26. The predicted molar refractivity (Wildman–Crippen MR) is 112 cm³/mol. The van der Waals surface area contributed by atoms with Gasteiger partial charge < -0.3 is 15.0 Å². The van der Waals surface area contributed by atoms with Crippen molar-refractivity contribution >= 4 is 23.2 Å². The molecule has 1 N–H and O–H groups in total. The Bertz CT molecular complexity index is 796. The molecule has 6 heteroatoms. The van der Waals surface area contributed by atoms with Gasteiger partial charge in [0.2, 0.25) is 0 Å². The highest BCUT2D eigenvalue weighted by molar-refractivity contribution is 7.12. The summed E-state index contributed by atoms with van der Waals surface area (Å²) < 4.78 is 5.94. The molecule has 1 atom stereocenters. The molecule has 3 rings (SSSR count). The first kappa shape index (κ1) is 20.4. The molecule has 1 saturated heterocycles. The van der Waals surface area contributed by atoms with Gasteiger partial charge in [-0.3, -0.25) is 9.59 Å². The molecule has 5 nitrogen and oxygen atoms in total. The minimum atomic E-state index is -0.564. The number of benzene rings is 1. The fourth-order valence-corrected chi connectivity index (χ4v) is 4.10. The normalized spacial score (nSPS) is 16.1. The molecule has 2 amide bonds.